The van der Waals surface area contributed by atoms with Gasteiger partial charge in [-0.2, -0.15) is 15.1 Å². The number of methoxy groups -OCH3 is 2. The highest BCUT2D eigenvalue weighted by molar-refractivity contribution is 8.26. The zero-order chi connectivity index (χ0) is 24.8. The average Bonchev–Trinajstić information content (AvgIpc) is 3.27. The van der Waals surface area contributed by atoms with Crippen LogP contribution in [0.4, 0.5) is 0 Å². The Balaban J connectivity index is 1.43. The second-order valence-electron chi connectivity index (χ2n) is 7.52. The quantitative estimate of drug-likeness (QED) is 0.381. The van der Waals surface area contributed by atoms with Gasteiger partial charge in [0.2, 0.25) is 5.17 Å². The smallest absolute Gasteiger partial charge is 0.283 e. The predicted molar refractivity (Wildman–Crippen MR) is 137 cm³/mol. The Morgan fingerprint density at radius 2 is 1.69 bits per heavy atom. The highest BCUT2D eigenvalue weighted by Crippen LogP contribution is 2.32. The SMILES string of the molecule is CCCC1=NN2C(=N)/C(=C/c3ccc(OCCOc4ccccc4OC)c(OC)c3)C(=O)N=C2S1. The van der Waals surface area contributed by atoms with Gasteiger partial charge < -0.3 is 18.9 Å². The number of fused-ring (bicyclic) bond motifs is 1. The molecular weight excluding hydrogens is 468 g/mol. The van der Waals surface area contributed by atoms with Crippen LogP contribution < -0.4 is 18.9 Å². The van der Waals surface area contributed by atoms with E-state index in [9.17, 15) is 4.79 Å². The molecule has 182 valence electrons. The van der Waals surface area contributed by atoms with Gasteiger partial charge in [0.25, 0.3) is 5.91 Å². The summed E-state index contributed by atoms with van der Waals surface area (Å²) in [5.74, 6) is 1.87. The Labute approximate surface area is 207 Å². The van der Waals surface area contributed by atoms with E-state index in [-0.39, 0.29) is 11.4 Å². The van der Waals surface area contributed by atoms with Gasteiger partial charge in [0.1, 0.15) is 18.3 Å². The highest BCUT2D eigenvalue weighted by Gasteiger charge is 2.35. The van der Waals surface area contributed by atoms with Crippen molar-refractivity contribution in [2.45, 2.75) is 19.8 Å². The zero-order valence-electron chi connectivity index (χ0n) is 19.7. The minimum atomic E-state index is -0.463. The molecule has 9 nitrogen and oxygen atoms in total. The Morgan fingerprint density at radius 3 is 2.37 bits per heavy atom. The number of aliphatic imine (C=N–C) groups is 1. The number of benzene rings is 2. The normalized spacial score (nSPS) is 16.1. The van der Waals surface area contributed by atoms with E-state index in [1.165, 1.54) is 16.8 Å². The molecule has 0 radical (unpaired) electrons. The molecule has 1 amide bonds. The van der Waals surface area contributed by atoms with E-state index in [2.05, 4.69) is 17.0 Å². The summed E-state index contributed by atoms with van der Waals surface area (Å²) in [5, 5.41) is 15.6. The van der Waals surface area contributed by atoms with Crippen molar-refractivity contribution >= 4 is 39.8 Å². The van der Waals surface area contributed by atoms with E-state index in [1.807, 2.05) is 24.3 Å². The number of carbonyl (C=O) groups excluding carboxylic acids is 1. The number of para-hydroxylation sites is 2. The molecule has 0 atom stereocenters. The van der Waals surface area contributed by atoms with Crippen molar-refractivity contribution < 1.29 is 23.7 Å². The maximum atomic E-state index is 12.6. The Morgan fingerprint density at radius 1 is 1.00 bits per heavy atom. The van der Waals surface area contributed by atoms with Crippen LogP contribution >= 0.6 is 11.8 Å². The molecule has 2 aliphatic heterocycles. The number of amides is 1. The summed E-state index contributed by atoms with van der Waals surface area (Å²) in [6.45, 7) is 2.66. The number of hydrogen-bond acceptors (Lipinski definition) is 8. The van der Waals surface area contributed by atoms with Crippen molar-refractivity contribution in [2.75, 3.05) is 27.4 Å². The summed E-state index contributed by atoms with van der Waals surface area (Å²) < 4.78 is 22.3. The molecule has 0 bridgehead atoms. The molecule has 0 aliphatic carbocycles. The molecule has 0 saturated heterocycles. The van der Waals surface area contributed by atoms with Gasteiger partial charge in [-0.05, 0) is 60.5 Å². The largest absolute Gasteiger partial charge is 0.493 e. The van der Waals surface area contributed by atoms with Crippen LogP contribution in [0.1, 0.15) is 25.3 Å². The molecule has 0 saturated carbocycles. The third-order valence-electron chi connectivity index (χ3n) is 5.13. The van der Waals surface area contributed by atoms with Gasteiger partial charge >= 0.3 is 0 Å². The molecule has 2 aliphatic rings. The number of nitrogens with zero attached hydrogens (tertiary/aromatic N) is 3. The van der Waals surface area contributed by atoms with Crippen LogP contribution in [0.2, 0.25) is 0 Å². The van der Waals surface area contributed by atoms with Crippen LogP contribution in [0.25, 0.3) is 6.08 Å². The Hall–Kier alpha value is -3.79. The molecule has 2 aromatic rings. The first-order valence-electron chi connectivity index (χ1n) is 11.1. The van der Waals surface area contributed by atoms with Crippen LogP contribution in [-0.2, 0) is 4.79 Å². The monoisotopic (exact) mass is 494 g/mol. The fourth-order valence-electron chi connectivity index (χ4n) is 3.45. The van der Waals surface area contributed by atoms with Gasteiger partial charge in [0, 0.05) is 0 Å². The third-order valence-corrected chi connectivity index (χ3v) is 6.09. The summed E-state index contributed by atoms with van der Waals surface area (Å²) in [4.78, 5) is 16.7. The predicted octanol–water partition coefficient (Wildman–Crippen LogP) is 4.58. The number of nitrogens with one attached hydrogen (secondary N) is 1. The molecule has 2 heterocycles. The van der Waals surface area contributed by atoms with Gasteiger partial charge in [-0.15, -0.1) is 0 Å². The van der Waals surface area contributed by atoms with Crippen molar-refractivity contribution in [3.63, 3.8) is 0 Å². The zero-order valence-corrected chi connectivity index (χ0v) is 20.6. The Bertz CT molecular complexity index is 1220. The maximum Gasteiger partial charge on any atom is 0.283 e. The highest BCUT2D eigenvalue weighted by atomic mass is 32.2. The average molecular weight is 495 g/mol. The lowest BCUT2D eigenvalue weighted by Crippen LogP contribution is -2.35. The minimum absolute atomic E-state index is 0.00591. The number of ether oxygens (including phenoxy) is 4. The van der Waals surface area contributed by atoms with E-state index in [1.54, 1.807) is 38.5 Å². The number of rotatable bonds is 10. The van der Waals surface area contributed by atoms with E-state index in [4.69, 9.17) is 24.4 Å². The van der Waals surface area contributed by atoms with Crippen LogP contribution in [0.3, 0.4) is 0 Å². The van der Waals surface area contributed by atoms with Crippen molar-refractivity contribution in [1.29, 1.82) is 5.41 Å². The van der Waals surface area contributed by atoms with Gasteiger partial charge in [0.05, 0.1) is 19.8 Å². The molecule has 35 heavy (non-hydrogen) atoms. The Kier molecular flexibility index (Phi) is 7.71. The minimum Gasteiger partial charge on any atom is -0.493 e. The van der Waals surface area contributed by atoms with Crippen molar-refractivity contribution in [3.8, 4) is 23.0 Å². The molecule has 10 heteroatoms. The lowest BCUT2D eigenvalue weighted by atomic mass is 10.1. The maximum absolute atomic E-state index is 12.6. The third kappa shape index (κ3) is 5.48. The number of hydrogen-bond donors (Lipinski definition) is 1. The van der Waals surface area contributed by atoms with Crippen LogP contribution in [-0.4, -0.2) is 54.4 Å². The lowest BCUT2D eigenvalue weighted by molar-refractivity contribution is -0.114. The van der Waals surface area contributed by atoms with Gasteiger partial charge in [-0.3, -0.25) is 10.2 Å². The first kappa shape index (κ1) is 24.3. The molecule has 1 N–H and O–H groups in total. The van der Waals surface area contributed by atoms with E-state index in [0.717, 1.165) is 17.9 Å². The van der Waals surface area contributed by atoms with Gasteiger partial charge in [-0.1, -0.05) is 25.1 Å². The van der Waals surface area contributed by atoms with E-state index < -0.39 is 5.91 Å². The number of amidine groups is 2. The van der Waals surface area contributed by atoms with E-state index >= 15 is 0 Å². The summed E-state index contributed by atoms with van der Waals surface area (Å²) in [6.07, 6.45) is 3.32. The molecule has 0 fully saturated rings. The second kappa shape index (κ2) is 11.1. The molecule has 0 aromatic heterocycles. The number of thioether (sulfide) groups is 1. The van der Waals surface area contributed by atoms with Crippen molar-refractivity contribution in [1.82, 2.24) is 5.01 Å². The van der Waals surface area contributed by atoms with Crippen LogP contribution in [0.15, 0.2) is 58.1 Å². The first-order chi connectivity index (χ1) is 17.0. The fraction of sp³-hybridized carbons (Fsp3) is 0.280. The lowest BCUT2D eigenvalue weighted by Gasteiger charge is -2.20. The fourth-order valence-corrected chi connectivity index (χ4v) is 4.43. The topological polar surface area (TPSA) is 106 Å². The molecule has 4 rings (SSSR count). The van der Waals surface area contributed by atoms with Gasteiger partial charge in [0.15, 0.2) is 28.8 Å². The number of hydrazone groups is 1. The summed E-state index contributed by atoms with van der Waals surface area (Å²) in [6, 6.07) is 12.7. The molecule has 0 unspecified atom stereocenters. The summed E-state index contributed by atoms with van der Waals surface area (Å²) in [7, 11) is 3.13. The molecular formula is C25H26N4O5S. The summed E-state index contributed by atoms with van der Waals surface area (Å²) in [5.41, 5.74) is 0.840. The number of carbonyl (C=O) groups is 1. The van der Waals surface area contributed by atoms with Crippen molar-refractivity contribution in [2.24, 2.45) is 10.1 Å². The van der Waals surface area contributed by atoms with Crippen LogP contribution in [0, 0.1) is 5.41 Å². The molecule has 2 aromatic carbocycles. The van der Waals surface area contributed by atoms with E-state index in [0.29, 0.717) is 46.9 Å². The van der Waals surface area contributed by atoms with Crippen LogP contribution in [0.5, 0.6) is 23.0 Å². The second-order valence-corrected chi connectivity index (χ2v) is 8.56. The molecule has 0 spiro atoms. The first-order valence-corrected chi connectivity index (χ1v) is 11.9. The standard InChI is InChI=1S/C25H26N4O5S/c1-4-7-22-28-29-23(26)17(24(30)27-25(29)35-22)14-16-10-11-20(21(15-16)32-3)34-13-12-33-19-9-6-5-8-18(19)31-2/h5-6,8-11,14-15,26H,4,7,12-13H2,1-3H3/b17-14-,26-23?. The van der Waals surface area contributed by atoms with Gasteiger partial charge in [-0.25, -0.2) is 0 Å². The van der Waals surface area contributed by atoms with Crippen molar-refractivity contribution in [3.05, 3.63) is 53.6 Å². The summed E-state index contributed by atoms with van der Waals surface area (Å²) >= 11 is 1.34.